The van der Waals surface area contributed by atoms with Crippen molar-refractivity contribution in [3.05, 3.63) is 35.9 Å². The van der Waals surface area contributed by atoms with E-state index in [0.29, 0.717) is 11.6 Å². The smallest absolute Gasteiger partial charge is 0.318 e. The molecule has 27 heavy (non-hydrogen) atoms. The summed E-state index contributed by atoms with van der Waals surface area (Å²) in [5, 5.41) is 6.51. The van der Waals surface area contributed by atoms with E-state index in [4.69, 9.17) is 0 Å². The van der Waals surface area contributed by atoms with Crippen molar-refractivity contribution in [1.82, 2.24) is 15.5 Å². The monoisotopic (exact) mass is 369 g/mol. The summed E-state index contributed by atoms with van der Waals surface area (Å²) in [6, 6.07) is 10.5. The first-order chi connectivity index (χ1) is 13.2. The molecule has 0 aromatic heterocycles. The zero-order chi connectivity index (χ0) is 18.6. The zero-order valence-electron chi connectivity index (χ0n) is 16.0. The molecule has 0 spiro atoms. The fourth-order valence-corrected chi connectivity index (χ4v) is 5.19. The fraction of sp³-hybridized carbons (Fsp3) is 0.636. The van der Waals surface area contributed by atoms with Gasteiger partial charge in [0.15, 0.2) is 0 Å². The third kappa shape index (κ3) is 4.28. The standard InChI is InChI=1S/C22H31N3O2/c26-21(16-8-3-1-4-9-16)23-18-14-19-12-7-13-20(15-18)25(19)22(27)24-17-10-5-2-6-11-17/h1,3-4,8-9,17-20H,2,5-7,10-15H2,(H,23,26)(H,24,27)/t19-,20-/m1/s1. The molecule has 5 nitrogen and oxygen atoms in total. The Kier molecular flexibility index (Phi) is 5.65. The highest BCUT2D eigenvalue weighted by molar-refractivity contribution is 5.94. The lowest BCUT2D eigenvalue weighted by atomic mass is 9.82. The highest BCUT2D eigenvalue weighted by Crippen LogP contribution is 2.34. The first-order valence-corrected chi connectivity index (χ1v) is 10.7. The molecule has 1 aromatic carbocycles. The van der Waals surface area contributed by atoms with E-state index in [9.17, 15) is 9.59 Å². The average Bonchev–Trinajstić information content (AvgIpc) is 2.68. The van der Waals surface area contributed by atoms with Crippen LogP contribution in [0.25, 0.3) is 0 Å². The minimum absolute atomic E-state index is 0.00113. The van der Waals surface area contributed by atoms with E-state index in [-0.39, 0.29) is 30.1 Å². The number of hydrogen-bond donors (Lipinski definition) is 2. The van der Waals surface area contributed by atoms with Gasteiger partial charge in [0.1, 0.15) is 0 Å². The molecule has 5 heteroatoms. The molecule has 2 atom stereocenters. The second kappa shape index (κ2) is 8.32. The molecule has 3 fully saturated rings. The Morgan fingerprint density at radius 3 is 2.11 bits per heavy atom. The molecule has 2 saturated heterocycles. The van der Waals surface area contributed by atoms with E-state index in [1.54, 1.807) is 0 Å². The van der Waals surface area contributed by atoms with E-state index in [1.165, 1.54) is 25.7 Å². The van der Waals surface area contributed by atoms with Crippen LogP contribution in [0.15, 0.2) is 30.3 Å². The number of carbonyl (C=O) groups excluding carboxylic acids is 2. The van der Waals surface area contributed by atoms with Crippen LogP contribution in [0.5, 0.6) is 0 Å². The number of carbonyl (C=O) groups is 2. The Balaban J connectivity index is 1.37. The summed E-state index contributed by atoms with van der Waals surface area (Å²) < 4.78 is 0. The Labute approximate surface area is 161 Å². The molecule has 0 unspecified atom stereocenters. The molecular weight excluding hydrogens is 338 g/mol. The summed E-state index contributed by atoms with van der Waals surface area (Å²) in [4.78, 5) is 27.6. The van der Waals surface area contributed by atoms with Gasteiger partial charge in [-0.05, 0) is 57.1 Å². The van der Waals surface area contributed by atoms with Gasteiger partial charge in [0.25, 0.3) is 5.91 Å². The summed E-state index contributed by atoms with van der Waals surface area (Å²) in [7, 11) is 0. The van der Waals surface area contributed by atoms with E-state index in [1.807, 2.05) is 30.3 Å². The first kappa shape index (κ1) is 18.3. The molecule has 4 rings (SSSR count). The van der Waals surface area contributed by atoms with Crippen molar-refractivity contribution >= 4 is 11.9 Å². The van der Waals surface area contributed by atoms with Gasteiger partial charge < -0.3 is 15.5 Å². The molecule has 3 amide bonds. The average molecular weight is 370 g/mol. The van der Waals surface area contributed by atoms with Gasteiger partial charge in [0.05, 0.1) is 0 Å². The fourth-order valence-electron chi connectivity index (χ4n) is 5.19. The summed E-state index contributed by atoms with van der Waals surface area (Å²) in [5.74, 6) is -0.00113. The Morgan fingerprint density at radius 1 is 0.778 bits per heavy atom. The second-order valence-corrected chi connectivity index (χ2v) is 8.44. The maximum absolute atomic E-state index is 13.0. The lowest BCUT2D eigenvalue weighted by Gasteiger charge is -2.49. The SMILES string of the molecule is O=C(NC1C[C@H]2CCC[C@H](C1)N2C(=O)NC1CCCCC1)c1ccccc1. The van der Waals surface area contributed by atoms with Gasteiger partial charge in [-0.3, -0.25) is 4.79 Å². The molecule has 3 aliphatic rings. The molecule has 0 radical (unpaired) electrons. The van der Waals surface area contributed by atoms with Crippen molar-refractivity contribution in [3.8, 4) is 0 Å². The van der Waals surface area contributed by atoms with Crippen LogP contribution in [-0.4, -0.2) is 41.0 Å². The van der Waals surface area contributed by atoms with Gasteiger partial charge in [0.2, 0.25) is 0 Å². The predicted molar refractivity (Wildman–Crippen MR) is 106 cm³/mol. The van der Waals surface area contributed by atoms with Gasteiger partial charge >= 0.3 is 6.03 Å². The van der Waals surface area contributed by atoms with Crippen LogP contribution < -0.4 is 10.6 Å². The van der Waals surface area contributed by atoms with Crippen molar-refractivity contribution in [3.63, 3.8) is 0 Å². The van der Waals surface area contributed by atoms with E-state index < -0.39 is 0 Å². The van der Waals surface area contributed by atoms with Crippen LogP contribution >= 0.6 is 0 Å². The number of nitrogens with zero attached hydrogens (tertiary/aromatic N) is 1. The van der Waals surface area contributed by atoms with E-state index in [2.05, 4.69) is 15.5 Å². The number of rotatable bonds is 3. The number of amides is 3. The normalized spacial score (nSPS) is 28.4. The van der Waals surface area contributed by atoms with Crippen molar-refractivity contribution < 1.29 is 9.59 Å². The van der Waals surface area contributed by atoms with Gasteiger partial charge in [-0.1, -0.05) is 37.5 Å². The Morgan fingerprint density at radius 2 is 1.44 bits per heavy atom. The number of urea groups is 1. The number of benzene rings is 1. The van der Waals surface area contributed by atoms with Gasteiger partial charge in [-0.15, -0.1) is 0 Å². The summed E-state index contributed by atoms with van der Waals surface area (Å²) in [5.41, 5.74) is 0.708. The highest BCUT2D eigenvalue weighted by atomic mass is 16.2. The molecule has 2 aliphatic heterocycles. The van der Waals surface area contributed by atoms with Gasteiger partial charge in [-0.2, -0.15) is 0 Å². The second-order valence-electron chi connectivity index (χ2n) is 8.44. The summed E-state index contributed by atoms with van der Waals surface area (Å²) in [6.07, 6.45) is 11.0. The summed E-state index contributed by atoms with van der Waals surface area (Å²) in [6.45, 7) is 0. The molecule has 2 bridgehead atoms. The number of piperidine rings is 2. The molecule has 2 N–H and O–H groups in total. The minimum atomic E-state index is -0.00113. The molecular formula is C22H31N3O2. The Bertz CT molecular complexity index is 643. The quantitative estimate of drug-likeness (QED) is 0.850. The topological polar surface area (TPSA) is 61.4 Å². The maximum Gasteiger partial charge on any atom is 0.318 e. The van der Waals surface area contributed by atoms with Crippen molar-refractivity contribution in [2.75, 3.05) is 0 Å². The van der Waals surface area contributed by atoms with Crippen molar-refractivity contribution in [2.24, 2.45) is 0 Å². The predicted octanol–water partition coefficient (Wildman–Crippen LogP) is 3.84. The third-order valence-electron chi connectivity index (χ3n) is 6.51. The first-order valence-electron chi connectivity index (χ1n) is 10.7. The highest BCUT2D eigenvalue weighted by Gasteiger charge is 2.41. The Hall–Kier alpha value is -2.04. The molecule has 1 aliphatic carbocycles. The zero-order valence-corrected chi connectivity index (χ0v) is 16.0. The number of fused-ring (bicyclic) bond motifs is 2. The van der Waals surface area contributed by atoms with Crippen LogP contribution in [-0.2, 0) is 0 Å². The molecule has 1 saturated carbocycles. The lowest BCUT2D eigenvalue weighted by Crippen LogP contribution is -2.61. The van der Waals surface area contributed by atoms with Crippen LogP contribution in [0.3, 0.4) is 0 Å². The van der Waals surface area contributed by atoms with Crippen LogP contribution in [0.1, 0.15) is 74.6 Å². The van der Waals surface area contributed by atoms with Crippen LogP contribution in [0.4, 0.5) is 4.79 Å². The van der Waals surface area contributed by atoms with E-state index >= 15 is 0 Å². The molecule has 146 valence electrons. The largest absolute Gasteiger partial charge is 0.349 e. The minimum Gasteiger partial charge on any atom is -0.349 e. The van der Waals surface area contributed by atoms with Crippen LogP contribution in [0.2, 0.25) is 0 Å². The summed E-state index contributed by atoms with van der Waals surface area (Å²) >= 11 is 0. The van der Waals surface area contributed by atoms with Crippen molar-refractivity contribution in [1.29, 1.82) is 0 Å². The van der Waals surface area contributed by atoms with Gasteiger partial charge in [-0.25, -0.2) is 4.79 Å². The lowest BCUT2D eigenvalue weighted by molar-refractivity contribution is 0.0506. The van der Waals surface area contributed by atoms with Crippen LogP contribution in [0, 0.1) is 0 Å². The third-order valence-corrected chi connectivity index (χ3v) is 6.51. The van der Waals surface area contributed by atoms with Crippen molar-refractivity contribution in [2.45, 2.75) is 88.4 Å². The molecule has 1 aromatic rings. The molecule has 2 heterocycles. The number of hydrogen-bond acceptors (Lipinski definition) is 2. The number of nitrogens with one attached hydrogen (secondary N) is 2. The van der Waals surface area contributed by atoms with E-state index in [0.717, 1.165) is 38.5 Å². The maximum atomic E-state index is 13.0. The van der Waals surface area contributed by atoms with Gasteiger partial charge in [0, 0.05) is 29.7 Å².